The van der Waals surface area contributed by atoms with Crippen molar-refractivity contribution in [2.75, 3.05) is 7.11 Å². The average Bonchev–Trinajstić information content (AvgIpc) is 2.75. The molecule has 0 saturated heterocycles. The van der Waals surface area contributed by atoms with Crippen LogP contribution in [0.1, 0.15) is 5.56 Å². The van der Waals surface area contributed by atoms with E-state index in [9.17, 15) is 4.79 Å². The van der Waals surface area contributed by atoms with Gasteiger partial charge in [0.1, 0.15) is 35.7 Å². The van der Waals surface area contributed by atoms with Gasteiger partial charge in [-0.3, -0.25) is 4.79 Å². The Morgan fingerprint density at radius 3 is 2.52 bits per heavy atom. The Balaban J connectivity index is 1.54. The molecule has 0 spiro atoms. The first kappa shape index (κ1) is 18.9. The van der Waals surface area contributed by atoms with Gasteiger partial charge in [0.15, 0.2) is 0 Å². The van der Waals surface area contributed by atoms with Gasteiger partial charge in [0.2, 0.25) is 11.2 Å². The summed E-state index contributed by atoms with van der Waals surface area (Å²) in [6, 6.07) is 19.5. The van der Waals surface area contributed by atoms with Crippen LogP contribution in [-0.2, 0) is 6.61 Å². The van der Waals surface area contributed by atoms with Crippen LogP contribution in [0.5, 0.6) is 23.0 Å². The van der Waals surface area contributed by atoms with Crippen molar-refractivity contribution in [3.8, 4) is 23.0 Å². The maximum absolute atomic E-state index is 12.7. The molecule has 3 aromatic carbocycles. The third-order valence-electron chi connectivity index (χ3n) is 4.30. The van der Waals surface area contributed by atoms with Gasteiger partial charge >= 0.3 is 0 Å². The highest BCUT2D eigenvalue weighted by molar-refractivity contribution is 6.30. The summed E-state index contributed by atoms with van der Waals surface area (Å²) in [5, 5.41) is 1.08. The monoisotopic (exact) mass is 408 g/mol. The fourth-order valence-corrected chi connectivity index (χ4v) is 2.92. The van der Waals surface area contributed by atoms with Crippen LogP contribution in [0.15, 0.2) is 82.2 Å². The molecule has 0 N–H and O–H groups in total. The molecule has 4 aromatic rings. The Morgan fingerprint density at radius 2 is 1.72 bits per heavy atom. The van der Waals surface area contributed by atoms with Crippen molar-refractivity contribution in [2.45, 2.75) is 6.61 Å². The zero-order chi connectivity index (χ0) is 20.2. The summed E-state index contributed by atoms with van der Waals surface area (Å²) in [5.41, 5.74) is 1.14. The van der Waals surface area contributed by atoms with Crippen molar-refractivity contribution in [1.29, 1.82) is 0 Å². The van der Waals surface area contributed by atoms with Gasteiger partial charge in [0.25, 0.3) is 0 Å². The fraction of sp³-hybridized carbons (Fsp3) is 0.0870. The lowest BCUT2D eigenvalue weighted by molar-refractivity contribution is 0.306. The van der Waals surface area contributed by atoms with Crippen LogP contribution in [-0.4, -0.2) is 7.11 Å². The number of benzene rings is 3. The van der Waals surface area contributed by atoms with Gasteiger partial charge in [0.05, 0.1) is 12.5 Å². The number of hydrogen-bond acceptors (Lipinski definition) is 5. The fourth-order valence-electron chi connectivity index (χ4n) is 2.79. The predicted octanol–water partition coefficient (Wildman–Crippen LogP) is 5.83. The van der Waals surface area contributed by atoms with E-state index in [1.807, 2.05) is 24.3 Å². The zero-order valence-corrected chi connectivity index (χ0v) is 16.3. The molecule has 0 radical (unpaired) electrons. The first-order chi connectivity index (χ1) is 14.1. The number of rotatable bonds is 6. The number of ether oxygens (including phenoxy) is 3. The standard InChI is InChI=1S/C23H17ClO5/c1-26-17-3-2-4-19(11-17)29-22-14-28-21-12-18(9-10-20(21)23(22)25)27-13-15-5-7-16(24)8-6-15/h2-12,14H,13H2,1H3. The van der Waals surface area contributed by atoms with E-state index < -0.39 is 0 Å². The summed E-state index contributed by atoms with van der Waals surface area (Å²) in [4.78, 5) is 12.7. The maximum Gasteiger partial charge on any atom is 0.235 e. The Hall–Kier alpha value is -3.44. The molecule has 0 amide bonds. The minimum absolute atomic E-state index is 0.0978. The van der Waals surface area contributed by atoms with E-state index in [-0.39, 0.29) is 11.2 Å². The van der Waals surface area contributed by atoms with E-state index in [0.717, 1.165) is 5.56 Å². The van der Waals surface area contributed by atoms with Crippen LogP contribution in [0.25, 0.3) is 11.0 Å². The Labute approximate surface area is 172 Å². The molecule has 146 valence electrons. The molecule has 0 bridgehead atoms. The smallest absolute Gasteiger partial charge is 0.235 e. The first-order valence-electron chi connectivity index (χ1n) is 8.87. The second-order valence-electron chi connectivity index (χ2n) is 6.28. The number of hydrogen-bond donors (Lipinski definition) is 0. The second-order valence-corrected chi connectivity index (χ2v) is 6.72. The van der Waals surface area contributed by atoms with E-state index in [0.29, 0.717) is 39.8 Å². The van der Waals surface area contributed by atoms with Gasteiger partial charge in [-0.1, -0.05) is 29.8 Å². The molecule has 0 atom stereocenters. The van der Waals surface area contributed by atoms with Crippen LogP contribution in [0, 0.1) is 0 Å². The molecule has 0 saturated carbocycles. The van der Waals surface area contributed by atoms with E-state index in [1.165, 1.54) is 6.26 Å². The van der Waals surface area contributed by atoms with E-state index in [1.54, 1.807) is 49.6 Å². The molecule has 0 unspecified atom stereocenters. The normalized spacial score (nSPS) is 10.7. The van der Waals surface area contributed by atoms with E-state index in [4.69, 9.17) is 30.2 Å². The molecule has 0 aliphatic heterocycles. The van der Waals surface area contributed by atoms with E-state index in [2.05, 4.69) is 0 Å². The molecular weight excluding hydrogens is 392 g/mol. The van der Waals surface area contributed by atoms with Crippen molar-refractivity contribution in [3.05, 3.63) is 93.8 Å². The SMILES string of the molecule is COc1cccc(Oc2coc3cc(OCc4ccc(Cl)cc4)ccc3c2=O)c1. The van der Waals surface area contributed by atoms with Crippen molar-refractivity contribution < 1.29 is 18.6 Å². The average molecular weight is 409 g/mol. The lowest BCUT2D eigenvalue weighted by Gasteiger charge is -2.09. The van der Waals surface area contributed by atoms with Gasteiger partial charge in [-0.15, -0.1) is 0 Å². The molecule has 0 fully saturated rings. The lowest BCUT2D eigenvalue weighted by atomic mass is 10.2. The quantitative estimate of drug-likeness (QED) is 0.402. The zero-order valence-electron chi connectivity index (χ0n) is 15.6. The van der Waals surface area contributed by atoms with Crippen LogP contribution in [0.3, 0.4) is 0 Å². The Kier molecular flexibility index (Phi) is 5.40. The van der Waals surface area contributed by atoms with Gasteiger partial charge < -0.3 is 18.6 Å². The van der Waals surface area contributed by atoms with E-state index >= 15 is 0 Å². The molecule has 0 aliphatic carbocycles. The molecule has 0 aliphatic rings. The van der Waals surface area contributed by atoms with Crippen molar-refractivity contribution in [3.63, 3.8) is 0 Å². The molecule has 1 heterocycles. The predicted molar refractivity (Wildman–Crippen MR) is 111 cm³/mol. The summed E-state index contributed by atoms with van der Waals surface area (Å²) in [6.07, 6.45) is 1.30. The van der Waals surface area contributed by atoms with Gasteiger partial charge in [-0.2, -0.15) is 0 Å². The number of fused-ring (bicyclic) bond motifs is 1. The molecule has 5 nitrogen and oxygen atoms in total. The number of halogens is 1. The summed E-state index contributed by atoms with van der Waals surface area (Å²) in [6.45, 7) is 0.379. The maximum atomic E-state index is 12.7. The molecule has 29 heavy (non-hydrogen) atoms. The highest BCUT2D eigenvalue weighted by Gasteiger charge is 2.11. The summed E-state index contributed by atoms with van der Waals surface area (Å²) in [7, 11) is 1.57. The second kappa shape index (κ2) is 8.29. The molecule has 6 heteroatoms. The molecular formula is C23H17ClO5. The van der Waals surface area contributed by atoms with Crippen LogP contribution < -0.4 is 19.6 Å². The first-order valence-corrected chi connectivity index (χ1v) is 9.25. The van der Waals surface area contributed by atoms with Gasteiger partial charge in [-0.05, 0) is 42.0 Å². The minimum Gasteiger partial charge on any atom is -0.497 e. The lowest BCUT2D eigenvalue weighted by Crippen LogP contribution is -2.05. The van der Waals surface area contributed by atoms with Crippen LogP contribution in [0.2, 0.25) is 5.02 Å². The van der Waals surface area contributed by atoms with Gasteiger partial charge in [-0.25, -0.2) is 0 Å². The van der Waals surface area contributed by atoms with Crippen molar-refractivity contribution in [1.82, 2.24) is 0 Å². The van der Waals surface area contributed by atoms with Gasteiger partial charge in [0, 0.05) is 17.2 Å². The Bertz CT molecular complexity index is 1200. The van der Waals surface area contributed by atoms with Crippen molar-refractivity contribution >= 4 is 22.6 Å². The highest BCUT2D eigenvalue weighted by atomic mass is 35.5. The summed E-state index contributed by atoms with van der Waals surface area (Å²) < 4.78 is 22.2. The summed E-state index contributed by atoms with van der Waals surface area (Å²) >= 11 is 5.89. The Morgan fingerprint density at radius 1 is 0.931 bits per heavy atom. The highest BCUT2D eigenvalue weighted by Crippen LogP contribution is 2.26. The summed E-state index contributed by atoms with van der Waals surface area (Å²) in [5.74, 6) is 1.81. The third kappa shape index (κ3) is 4.36. The molecule has 1 aromatic heterocycles. The third-order valence-corrected chi connectivity index (χ3v) is 4.55. The minimum atomic E-state index is -0.265. The van der Waals surface area contributed by atoms with Crippen molar-refractivity contribution in [2.24, 2.45) is 0 Å². The van der Waals surface area contributed by atoms with Crippen LogP contribution >= 0.6 is 11.6 Å². The number of methoxy groups -OCH3 is 1. The molecule has 4 rings (SSSR count). The largest absolute Gasteiger partial charge is 0.497 e. The van der Waals surface area contributed by atoms with Crippen LogP contribution in [0.4, 0.5) is 0 Å². The topological polar surface area (TPSA) is 57.9 Å².